The van der Waals surface area contributed by atoms with Crippen LogP contribution in [0.3, 0.4) is 0 Å². The fourth-order valence-corrected chi connectivity index (χ4v) is 2.89. The third-order valence-corrected chi connectivity index (χ3v) is 4.56. The number of nitrogens with zero attached hydrogens (tertiary/aromatic N) is 1. The van der Waals surface area contributed by atoms with E-state index in [9.17, 15) is 14.4 Å². The van der Waals surface area contributed by atoms with Crippen LogP contribution in [0, 0.1) is 0 Å². The maximum Gasteiger partial charge on any atom is 0.292 e. The van der Waals surface area contributed by atoms with Gasteiger partial charge in [0.2, 0.25) is 0 Å². The van der Waals surface area contributed by atoms with E-state index in [2.05, 4.69) is 10.2 Å². The molecular formula is C21H24Cl2N2O3. The number of amides is 1. The molecule has 0 aliphatic carbocycles. The van der Waals surface area contributed by atoms with Gasteiger partial charge in [0.1, 0.15) is 0 Å². The molecule has 0 atom stereocenters. The van der Waals surface area contributed by atoms with E-state index in [-0.39, 0.29) is 29.3 Å². The average molecular weight is 423 g/mol. The minimum atomic E-state index is -0.745. The molecule has 0 spiro atoms. The Morgan fingerprint density at radius 2 is 1.61 bits per heavy atom. The fourth-order valence-electron chi connectivity index (χ4n) is 2.72. The lowest BCUT2D eigenvalue weighted by Gasteiger charge is -2.17. The lowest BCUT2D eigenvalue weighted by molar-refractivity contribution is -0.117. The highest BCUT2D eigenvalue weighted by Gasteiger charge is 2.23. The highest BCUT2D eigenvalue weighted by atomic mass is 35.5. The van der Waals surface area contributed by atoms with Gasteiger partial charge < -0.3 is 10.2 Å². The van der Waals surface area contributed by atoms with Gasteiger partial charge in [-0.05, 0) is 31.3 Å². The van der Waals surface area contributed by atoms with Crippen LogP contribution in [0.4, 0.5) is 0 Å². The number of carbonyl (C=O) groups is 3. The second-order valence-corrected chi connectivity index (χ2v) is 6.43. The van der Waals surface area contributed by atoms with Gasteiger partial charge in [0, 0.05) is 34.8 Å². The average Bonchev–Trinajstić information content (AvgIpc) is 2.70. The molecule has 1 amide bonds. The monoisotopic (exact) mass is 422 g/mol. The van der Waals surface area contributed by atoms with Crippen LogP contribution in [-0.4, -0.2) is 48.6 Å². The van der Waals surface area contributed by atoms with Gasteiger partial charge in [0.15, 0.2) is 5.78 Å². The standard InChI is InChI=1S/C21H23ClN2O3.ClH/c1-3-24(4-2)13-12-23-21(27)20(26)17-11-10-16(22)14-18(17)19(25)15-8-6-5-7-9-15;/h5-11,14H,3-4,12-13H2,1-2H3,(H,23,27);1H. The van der Waals surface area contributed by atoms with E-state index in [1.165, 1.54) is 18.2 Å². The molecule has 0 fully saturated rings. The zero-order chi connectivity index (χ0) is 19.8. The van der Waals surface area contributed by atoms with Crippen LogP contribution in [0.15, 0.2) is 48.5 Å². The number of Topliss-reactive ketones (excluding diaryl/α,β-unsaturated/α-hetero) is 1. The molecule has 2 aromatic rings. The molecule has 5 nitrogen and oxygen atoms in total. The van der Waals surface area contributed by atoms with E-state index >= 15 is 0 Å². The van der Waals surface area contributed by atoms with E-state index in [0.717, 1.165) is 13.1 Å². The Morgan fingerprint density at radius 1 is 0.964 bits per heavy atom. The number of hydrogen-bond acceptors (Lipinski definition) is 4. The number of halogens is 2. The Morgan fingerprint density at radius 3 is 2.21 bits per heavy atom. The summed E-state index contributed by atoms with van der Waals surface area (Å²) in [7, 11) is 0. The molecule has 0 saturated carbocycles. The fraction of sp³-hybridized carbons (Fsp3) is 0.286. The van der Waals surface area contributed by atoms with E-state index in [4.69, 9.17) is 11.6 Å². The summed E-state index contributed by atoms with van der Waals surface area (Å²) >= 11 is 6.01. The van der Waals surface area contributed by atoms with Gasteiger partial charge in [0.05, 0.1) is 0 Å². The number of carbonyl (C=O) groups excluding carboxylic acids is 3. The van der Waals surface area contributed by atoms with Crippen molar-refractivity contribution < 1.29 is 14.4 Å². The number of ketones is 2. The number of nitrogens with one attached hydrogen (secondary N) is 1. The van der Waals surface area contributed by atoms with Crippen molar-refractivity contribution >= 4 is 41.5 Å². The van der Waals surface area contributed by atoms with Gasteiger partial charge in [0.25, 0.3) is 11.7 Å². The highest BCUT2D eigenvalue weighted by molar-refractivity contribution is 6.44. The van der Waals surface area contributed by atoms with Crippen LogP contribution in [0.2, 0.25) is 5.02 Å². The van der Waals surface area contributed by atoms with Gasteiger partial charge in [-0.3, -0.25) is 14.4 Å². The second kappa shape index (κ2) is 11.6. The first-order chi connectivity index (χ1) is 13.0. The van der Waals surface area contributed by atoms with Crippen LogP contribution in [0.5, 0.6) is 0 Å². The molecule has 1 N–H and O–H groups in total. The van der Waals surface area contributed by atoms with Gasteiger partial charge in [-0.15, -0.1) is 12.4 Å². The Hall–Kier alpha value is -2.21. The van der Waals surface area contributed by atoms with Crippen LogP contribution in [0.25, 0.3) is 0 Å². The summed E-state index contributed by atoms with van der Waals surface area (Å²) in [4.78, 5) is 39.8. The minimum absolute atomic E-state index is 0. The van der Waals surface area contributed by atoms with Gasteiger partial charge >= 0.3 is 0 Å². The number of benzene rings is 2. The molecule has 0 aliphatic heterocycles. The number of rotatable bonds is 9. The lowest BCUT2D eigenvalue weighted by Crippen LogP contribution is -2.38. The maximum atomic E-state index is 12.8. The number of likely N-dealkylation sites (N-methyl/N-ethyl adjacent to an activating group) is 1. The zero-order valence-electron chi connectivity index (χ0n) is 15.9. The van der Waals surface area contributed by atoms with Gasteiger partial charge in [-0.1, -0.05) is 55.8 Å². The molecule has 0 aliphatic rings. The summed E-state index contributed by atoms with van der Waals surface area (Å²) in [6.07, 6.45) is 0. The molecular weight excluding hydrogens is 399 g/mol. The minimum Gasteiger partial charge on any atom is -0.348 e. The summed E-state index contributed by atoms with van der Waals surface area (Å²) in [5.41, 5.74) is 0.599. The number of hydrogen-bond donors (Lipinski definition) is 1. The van der Waals surface area contributed by atoms with Crippen LogP contribution in [0.1, 0.15) is 40.1 Å². The molecule has 2 rings (SSSR count). The Bertz CT molecular complexity index is 822. The molecule has 0 aromatic heterocycles. The Balaban J connectivity index is 0.00000392. The summed E-state index contributed by atoms with van der Waals surface area (Å²) < 4.78 is 0. The molecule has 0 unspecified atom stereocenters. The predicted octanol–water partition coefficient (Wildman–Crippen LogP) is 3.63. The summed E-state index contributed by atoms with van der Waals surface area (Å²) in [5, 5.41) is 2.95. The normalized spacial score (nSPS) is 10.3. The third-order valence-electron chi connectivity index (χ3n) is 4.32. The first-order valence-corrected chi connectivity index (χ1v) is 9.29. The first kappa shape index (κ1) is 23.8. The quantitative estimate of drug-likeness (QED) is 0.494. The highest BCUT2D eigenvalue weighted by Crippen LogP contribution is 2.20. The van der Waals surface area contributed by atoms with Crippen molar-refractivity contribution in [3.8, 4) is 0 Å². The second-order valence-electron chi connectivity index (χ2n) is 6.00. The predicted molar refractivity (Wildman–Crippen MR) is 114 cm³/mol. The van der Waals surface area contributed by atoms with Crippen molar-refractivity contribution in [2.75, 3.05) is 26.2 Å². The van der Waals surface area contributed by atoms with Crippen molar-refractivity contribution in [3.05, 3.63) is 70.2 Å². The van der Waals surface area contributed by atoms with E-state index in [0.29, 0.717) is 23.7 Å². The van der Waals surface area contributed by atoms with Crippen molar-refractivity contribution in [1.29, 1.82) is 0 Å². The van der Waals surface area contributed by atoms with E-state index in [1.54, 1.807) is 30.3 Å². The third kappa shape index (κ3) is 6.16. The van der Waals surface area contributed by atoms with E-state index in [1.807, 2.05) is 13.8 Å². The molecule has 0 heterocycles. The van der Waals surface area contributed by atoms with Gasteiger partial charge in [-0.25, -0.2) is 0 Å². The van der Waals surface area contributed by atoms with Crippen molar-refractivity contribution in [3.63, 3.8) is 0 Å². The molecule has 2 aromatic carbocycles. The molecule has 7 heteroatoms. The van der Waals surface area contributed by atoms with Crippen LogP contribution in [-0.2, 0) is 4.79 Å². The summed E-state index contributed by atoms with van der Waals surface area (Å²) in [5.74, 6) is -1.82. The lowest BCUT2D eigenvalue weighted by atomic mass is 9.96. The Kier molecular flexibility index (Phi) is 9.87. The van der Waals surface area contributed by atoms with Crippen molar-refractivity contribution in [2.45, 2.75) is 13.8 Å². The Labute approximate surface area is 176 Å². The van der Waals surface area contributed by atoms with Crippen molar-refractivity contribution in [1.82, 2.24) is 10.2 Å². The molecule has 28 heavy (non-hydrogen) atoms. The van der Waals surface area contributed by atoms with E-state index < -0.39 is 11.7 Å². The van der Waals surface area contributed by atoms with Crippen LogP contribution >= 0.6 is 24.0 Å². The topological polar surface area (TPSA) is 66.5 Å². The summed E-state index contributed by atoms with van der Waals surface area (Å²) in [6.45, 7) is 6.82. The smallest absolute Gasteiger partial charge is 0.292 e. The molecule has 0 radical (unpaired) electrons. The zero-order valence-corrected chi connectivity index (χ0v) is 17.5. The largest absolute Gasteiger partial charge is 0.348 e. The molecule has 150 valence electrons. The summed E-state index contributed by atoms with van der Waals surface area (Å²) in [6, 6.07) is 12.9. The van der Waals surface area contributed by atoms with Gasteiger partial charge in [-0.2, -0.15) is 0 Å². The van der Waals surface area contributed by atoms with Crippen molar-refractivity contribution in [2.24, 2.45) is 0 Å². The molecule has 0 bridgehead atoms. The van der Waals surface area contributed by atoms with Crippen LogP contribution < -0.4 is 5.32 Å². The molecule has 0 saturated heterocycles. The maximum absolute atomic E-state index is 12.8. The SMILES string of the molecule is CCN(CC)CCNC(=O)C(=O)c1ccc(Cl)cc1C(=O)c1ccccc1.Cl. The first-order valence-electron chi connectivity index (χ1n) is 8.92.